The van der Waals surface area contributed by atoms with Crippen molar-refractivity contribution in [1.82, 2.24) is 14.6 Å². The Balaban J connectivity index is 1.28. The molecule has 2 amide bonds. The molecule has 3 heterocycles. The van der Waals surface area contributed by atoms with Crippen LogP contribution in [0, 0.1) is 0 Å². The minimum atomic E-state index is -4.98. The molecule has 0 spiro atoms. The molecule has 5 atom stereocenters. The number of carbonyl (C=O) groups is 5. The van der Waals surface area contributed by atoms with Crippen LogP contribution in [-0.4, -0.2) is 114 Å². The average Bonchev–Trinajstić information content (AvgIpc) is 3.84. The lowest BCUT2D eigenvalue weighted by Gasteiger charge is -2.30. The van der Waals surface area contributed by atoms with E-state index in [1.807, 2.05) is 27.7 Å². The van der Waals surface area contributed by atoms with E-state index in [0.29, 0.717) is 36.7 Å². The minimum Gasteiger partial charge on any atom is -0.459 e. The molecule has 382 valence electrons. The molecule has 2 saturated heterocycles. The molecular weight excluding hydrogens is 954 g/mol. The zero-order valence-corrected chi connectivity index (χ0v) is 40.6. The van der Waals surface area contributed by atoms with Crippen LogP contribution < -0.4 is 15.8 Å². The van der Waals surface area contributed by atoms with Gasteiger partial charge in [-0.05, 0) is 82.5 Å². The van der Waals surface area contributed by atoms with Gasteiger partial charge in [0.1, 0.15) is 31.2 Å². The number of amides is 2. The molecule has 22 nitrogen and oxygen atoms in total. The SMILES string of the molecule is COCCC(C)(C)OCCC(C)(C)OCCOP(=O)(Oc1ccc(COC(=O)ON2C(=O)CCC2=O)cc1)OC1C(OC(=O)c2ccccc2)[C@H](n2ccc(=O)[nH]c2=O)O[C@@H]1COC(=O)c1ccccc1. The Hall–Kier alpha value is -6.52. The van der Waals surface area contributed by atoms with E-state index in [0.717, 1.165) is 16.8 Å². The molecule has 2 fully saturated rings. The highest BCUT2D eigenvalue weighted by Crippen LogP contribution is 2.53. The van der Waals surface area contributed by atoms with Gasteiger partial charge in [-0.3, -0.25) is 37.8 Å². The summed E-state index contributed by atoms with van der Waals surface area (Å²) in [5.74, 6) is -3.20. The van der Waals surface area contributed by atoms with Gasteiger partial charge in [0.05, 0.1) is 42.1 Å². The Kier molecular flexibility index (Phi) is 18.6. The first-order valence-corrected chi connectivity index (χ1v) is 23.9. The minimum absolute atomic E-state index is 0.0764. The third kappa shape index (κ3) is 15.7. The molecule has 0 aliphatic carbocycles. The van der Waals surface area contributed by atoms with Crippen LogP contribution in [0.15, 0.2) is 107 Å². The second-order valence-electron chi connectivity index (χ2n) is 17.3. The predicted molar refractivity (Wildman–Crippen MR) is 247 cm³/mol. The van der Waals surface area contributed by atoms with E-state index in [9.17, 15) is 33.6 Å². The first-order chi connectivity index (χ1) is 33.8. The van der Waals surface area contributed by atoms with Gasteiger partial charge in [-0.2, -0.15) is 0 Å². The van der Waals surface area contributed by atoms with E-state index in [1.54, 1.807) is 43.5 Å². The topological polar surface area (TPSA) is 262 Å². The Morgan fingerprint density at radius 1 is 0.732 bits per heavy atom. The number of benzene rings is 3. The number of rotatable bonds is 25. The van der Waals surface area contributed by atoms with Crippen LogP contribution in [0.1, 0.15) is 85.9 Å². The number of ether oxygens (including phenoxy) is 7. The summed E-state index contributed by atoms with van der Waals surface area (Å²) in [5, 5.41) is 0.338. The van der Waals surface area contributed by atoms with E-state index in [4.69, 9.17) is 51.6 Å². The van der Waals surface area contributed by atoms with Crippen LogP contribution in [0.3, 0.4) is 0 Å². The van der Waals surface area contributed by atoms with E-state index in [2.05, 4.69) is 4.98 Å². The fraction of sp³-hybridized carbons (Fsp3) is 0.438. The highest BCUT2D eigenvalue weighted by Gasteiger charge is 2.54. The molecule has 6 rings (SSSR count). The molecule has 0 radical (unpaired) electrons. The number of hydrogen-bond donors (Lipinski definition) is 1. The van der Waals surface area contributed by atoms with Crippen molar-refractivity contribution in [2.45, 2.75) is 95.7 Å². The fourth-order valence-electron chi connectivity index (χ4n) is 6.96. The molecule has 1 N–H and O–H groups in total. The molecule has 23 heteroatoms. The molecule has 4 aromatic rings. The normalized spacial score (nSPS) is 19.0. The maximum absolute atomic E-state index is 15.2. The number of H-pyrrole nitrogens is 1. The number of nitrogens with one attached hydrogen (secondary N) is 1. The molecule has 2 aliphatic rings. The third-order valence-electron chi connectivity index (χ3n) is 10.9. The number of nitrogens with zero attached hydrogens (tertiary/aromatic N) is 2. The van der Waals surface area contributed by atoms with Gasteiger partial charge in [0.2, 0.25) is 0 Å². The number of aromatic amines is 1. The number of phosphoric ester groups is 1. The summed E-state index contributed by atoms with van der Waals surface area (Å²) in [4.78, 5) is 95.4. The second-order valence-corrected chi connectivity index (χ2v) is 18.8. The van der Waals surface area contributed by atoms with E-state index < -0.39 is 97.9 Å². The summed E-state index contributed by atoms with van der Waals surface area (Å²) in [6, 6.07) is 22.3. The van der Waals surface area contributed by atoms with E-state index in [-0.39, 0.29) is 42.9 Å². The number of carbonyl (C=O) groups excluding carboxylic acids is 5. The summed E-state index contributed by atoms with van der Waals surface area (Å²) < 4.78 is 74.7. The standard InChI is InChI=1S/C48H56N3O19P/c1-47(2,23-26-60-5)63-27-24-48(3,4)64-28-29-65-71(59,69-35-18-16-32(17-19-35)30-62-46(58)68-51-38(53)20-21-39(51)54)70-40-36(31-61-43(55)33-12-8-6-9-13-33)66-42(50-25-22-37(52)49-45(50)57)41(40)67-44(56)34-14-10-7-11-15-34/h6-19,22,25,36,40-42H,20-21,23-24,26-31H2,1-5H3,(H,49,52,57)/t36-,40?,41?,42-,71?/m1/s1. The molecule has 3 unspecified atom stereocenters. The zero-order valence-electron chi connectivity index (χ0n) is 39.7. The van der Waals surface area contributed by atoms with Crippen molar-refractivity contribution in [3.63, 3.8) is 0 Å². The summed E-state index contributed by atoms with van der Waals surface area (Å²) >= 11 is 0. The van der Waals surface area contributed by atoms with Crippen molar-refractivity contribution < 1.29 is 80.1 Å². The number of aromatic nitrogens is 2. The molecule has 2 aliphatic heterocycles. The number of imide groups is 1. The van der Waals surface area contributed by atoms with Crippen LogP contribution in [0.2, 0.25) is 0 Å². The van der Waals surface area contributed by atoms with Crippen LogP contribution in [0.5, 0.6) is 5.75 Å². The van der Waals surface area contributed by atoms with E-state index >= 15 is 4.57 Å². The smallest absolute Gasteiger partial charge is 0.459 e. The monoisotopic (exact) mass is 1010 g/mol. The lowest BCUT2D eigenvalue weighted by molar-refractivity contribution is -0.177. The Labute approximate surface area is 407 Å². The Morgan fingerprint density at radius 2 is 1.34 bits per heavy atom. The lowest BCUT2D eigenvalue weighted by atomic mass is 10.0. The zero-order chi connectivity index (χ0) is 51.2. The van der Waals surface area contributed by atoms with Crippen molar-refractivity contribution in [2.24, 2.45) is 0 Å². The van der Waals surface area contributed by atoms with Crippen molar-refractivity contribution in [2.75, 3.05) is 40.1 Å². The summed E-state index contributed by atoms with van der Waals surface area (Å²) in [7, 11) is -3.37. The highest BCUT2D eigenvalue weighted by atomic mass is 31.2. The van der Waals surface area contributed by atoms with Crippen LogP contribution in [0.4, 0.5) is 4.79 Å². The van der Waals surface area contributed by atoms with Crippen LogP contribution >= 0.6 is 7.82 Å². The van der Waals surface area contributed by atoms with Crippen LogP contribution in [-0.2, 0) is 67.8 Å². The average molecular weight is 1010 g/mol. The van der Waals surface area contributed by atoms with Gasteiger partial charge in [-0.1, -0.05) is 53.6 Å². The second kappa shape index (κ2) is 24.5. The number of hydrogen-bond acceptors (Lipinski definition) is 19. The first kappa shape index (κ1) is 53.8. The summed E-state index contributed by atoms with van der Waals surface area (Å²) in [6.07, 6.45) is -5.74. The van der Waals surface area contributed by atoms with Crippen molar-refractivity contribution in [1.29, 1.82) is 0 Å². The molecule has 71 heavy (non-hydrogen) atoms. The molecule has 1 aromatic heterocycles. The first-order valence-electron chi connectivity index (χ1n) is 22.5. The molecular formula is C48H56N3O19P. The number of methoxy groups -OCH3 is 1. The van der Waals surface area contributed by atoms with Gasteiger partial charge in [-0.15, -0.1) is 0 Å². The maximum Gasteiger partial charge on any atom is 0.534 e. The predicted octanol–water partition coefficient (Wildman–Crippen LogP) is 5.84. The maximum atomic E-state index is 15.2. The third-order valence-corrected chi connectivity index (χ3v) is 12.3. The van der Waals surface area contributed by atoms with Gasteiger partial charge in [0.15, 0.2) is 12.3 Å². The van der Waals surface area contributed by atoms with Crippen molar-refractivity contribution in [3.8, 4) is 5.75 Å². The van der Waals surface area contributed by atoms with E-state index in [1.165, 1.54) is 48.5 Å². The van der Waals surface area contributed by atoms with Gasteiger partial charge >= 0.3 is 31.6 Å². The quantitative estimate of drug-likeness (QED) is 0.0269. The Bertz CT molecular complexity index is 2610. The highest BCUT2D eigenvalue weighted by molar-refractivity contribution is 7.49. The Morgan fingerprint density at radius 3 is 1.96 bits per heavy atom. The van der Waals surface area contributed by atoms with Crippen molar-refractivity contribution >= 4 is 37.7 Å². The molecule has 0 saturated carbocycles. The van der Waals surface area contributed by atoms with Crippen molar-refractivity contribution in [3.05, 3.63) is 135 Å². The number of hydroxylamine groups is 2. The largest absolute Gasteiger partial charge is 0.534 e. The summed E-state index contributed by atoms with van der Waals surface area (Å²) in [6.45, 7) is 6.88. The van der Waals surface area contributed by atoms with Gasteiger partial charge in [0, 0.05) is 38.8 Å². The van der Waals surface area contributed by atoms with Gasteiger partial charge < -0.3 is 37.7 Å². The molecule has 0 bridgehead atoms. The van der Waals surface area contributed by atoms with Gasteiger partial charge in [-0.25, -0.2) is 23.7 Å². The fourth-order valence-corrected chi connectivity index (χ4v) is 8.35. The molecule has 3 aromatic carbocycles. The number of esters is 2. The van der Waals surface area contributed by atoms with Crippen LogP contribution in [0.25, 0.3) is 0 Å². The number of phosphoric acid groups is 1. The summed E-state index contributed by atoms with van der Waals surface area (Å²) in [5.41, 5.74) is -2.33. The van der Waals surface area contributed by atoms with Gasteiger partial charge in [0.25, 0.3) is 17.4 Å². The lowest BCUT2D eigenvalue weighted by Crippen LogP contribution is -2.42.